The Bertz CT molecular complexity index is 1370. The van der Waals surface area contributed by atoms with Gasteiger partial charge < -0.3 is 4.57 Å². The number of amides is 2. The molecule has 27 heavy (non-hydrogen) atoms. The fourth-order valence-corrected chi connectivity index (χ4v) is 5.10. The van der Waals surface area contributed by atoms with Crippen LogP contribution in [0.3, 0.4) is 0 Å². The lowest BCUT2D eigenvalue weighted by Crippen LogP contribution is -2.17. The average Bonchev–Trinajstić information content (AvgIpc) is 3.28. The summed E-state index contributed by atoms with van der Waals surface area (Å²) in [7, 11) is 4.33. The van der Waals surface area contributed by atoms with E-state index in [-0.39, 0.29) is 11.8 Å². The van der Waals surface area contributed by atoms with Gasteiger partial charge in [0.05, 0.1) is 16.6 Å². The highest BCUT2D eigenvalue weighted by Crippen LogP contribution is 2.49. The molecule has 1 atom stereocenters. The van der Waals surface area contributed by atoms with Crippen molar-refractivity contribution < 1.29 is 9.59 Å². The lowest BCUT2D eigenvalue weighted by molar-refractivity contribution is 0.0776. The molecule has 5 heteroatoms. The first-order valence-electron chi connectivity index (χ1n) is 8.87. The molecule has 4 nitrogen and oxygen atoms in total. The number of hydrogen-bond donors (Lipinski definition) is 0. The molecule has 6 rings (SSSR count). The molecule has 1 aliphatic carbocycles. The largest absolute Gasteiger partial charge is 0.343 e. The number of benzene rings is 3. The minimum atomic E-state index is -0.236. The molecule has 130 valence electrons. The Labute approximate surface area is 157 Å². The predicted molar refractivity (Wildman–Crippen MR) is 109 cm³/mol. The standard InChI is InChI=1S/C22H15N2O2P/c1-23-15-9-5-4-8-13(15)17-19-18(21(25)24(27)22(19)26)14-10-11-6-2-3-7-12(11)16(14)20(17)23/h2-9H,10,27H2,1H3. The zero-order chi connectivity index (χ0) is 18.4. The van der Waals surface area contributed by atoms with E-state index in [0.29, 0.717) is 17.5 Å². The van der Waals surface area contributed by atoms with Gasteiger partial charge in [-0.15, -0.1) is 0 Å². The molecule has 1 aromatic heterocycles. The number of aromatic nitrogens is 1. The van der Waals surface area contributed by atoms with Crippen LogP contribution in [0.25, 0.3) is 32.9 Å². The molecular weight excluding hydrogens is 355 g/mol. The van der Waals surface area contributed by atoms with Crippen molar-refractivity contribution in [2.24, 2.45) is 7.05 Å². The zero-order valence-electron chi connectivity index (χ0n) is 14.6. The summed E-state index contributed by atoms with van der Waals surface area (Å²) in [5.74, 6) is -0.459. The molecule has 0 saturated heterocycles. The summed E-state index contributed by atoms with van der Waals surface area (Å²) in [6.07, 6.45) is 0.683. The molecule has 2 aliphatic rings. The molecule has 3 aromatic carbocycles. The summed E-state index contributed by atoms with van der Waals surface area (Å²) in [6, 6.07) is 16.4. The van der Waals surface area contributed by atoms with E-state index in [4.69, 9.17) is 0 Å². The smallest absolute Gasteiger partial charge is 0.265 e. The Morgan fingerprint density at radius 1 is 0.889 bits per heavy atom. The highest BCUT2D eigenvalue weighted by molar-refractivity contribution is 7.16. The molecule has 0 radical (unpaired) electrons. The van der Waals surface area contributed by atoms with E-state index in [1.165, 1.54) is 10.2 Å². The van der Waals surface area contributed by atoms with Crippen LogP contribution >= 0.6 is 9.39 Å². The Balaban J connectivity index is 1.95. The fraction of sp³-hybridized carbons (Fsp3) is 0.0909. The molecule has 1 aliphatic heterocycles. The molecule has 2 heterocycles. The van der Waals surface area contributed by atoms with Gasteiger partial charge in [-0.05, 0) is 38.6 Å². The number of rotatable bonds is 0. The first-order valence-corrected chi connectivity index (χ1v) is 9.39. The van der Waals surface area contributed by atoms with Crippen LogP contribution in [0.5, 0.6) is 0 Å². The van der Waals surface area contributed by atoms with Gasteiger partial charge in [-0.1, -0.05) is 42.5 Å². The molecule has 0 spiro atoms. The summed E-state index contributed by atoms with van der Waals surface area (Å²) in [5, 5.41) is 1.90. The first kappa shape index (κ1) is 15.1. The zero-order valence-corrected chi connectivity index (χ0v) is 15.8. The van der Waals surface area contributed by atoms with E-state index in [9.17, 15) is 9.59 Å². The number of nitrogens with zero attached hydrogens (tertiary/aromatic N) is 2. The summed E-state index contributed by atoms with van der Waals surface area (Å²) >= 11 is 0. The van der Waals surface area contributed by atoms with Crippen LogP contribution in [0.4, 0.5) is 0 Å². The summed E-state index contributed by atoms with van der Waals surface area (Å²) < 4.78 is 3.34. The number of carbonyl (C=O) groups is 2. The Kier molecular flexibility index (Phi) is 2.71. The van der Waals surface area contributed by atoms with Gasteiger partial charge in [0, 0.05) is 28.9 Å². The highest BCUT2D eigenvalue weighted by atomic mass is 31.0. The number of hydrogen-bond acceptors (Lipinski definition) is 2. The third-order valence-corrected chi connectivity index (χ3v) is 6.44. The summed E-state index contributed by atoms with van der Waals surface area (Å²) in [5.41, 5.74) is 7.67. The lowest BCUT2D eigenvalue weighted by atomic mass is 9.92. The number of aryl methyl sites for hydroxylation is 1. The van der Waals surface area contributed by atoms with Gasteiger partial charge in [0.1, 0.15) is 0 Å². The Morgan fingerprint density at radius 3 is 2.44 bits per heavy atom. The van der Waals surface area contributed by atoms with E-state index in [1.807, 2.05) is 37.4 Å². The van der Waals surface area contributed by atoms with Crippen molar-refractivity contribution in [2.45, 2.75) is 6.42 Å². The van der Waals surface area contributed by atoms with E-state index >= 15 is 0 Å². The van der Waals surface area contributed by atoms with E-state index in [2.05, 4.69) is 32.2 Å². The molecule has 0 bridgehead atoms. The van der Waals surface area contributed by atoms with Crippen molar-refractivity contribution in [2.75, 3.05) is 0 Å². The predicted octanol–water partition coefficient (Wildman–Crippen LogP) is 4.29. The van der Waals surface area contributed by atoms with Crippen molar-refractivity contribution in [3.05, 3.63) is 70.8 Å². The number of para-hydroxylation sites is 1. The number of fused-ring (bicyclic) bond motifs is 10. The average molecular weight is 370 g/mol. The van der Waals surface area contributed by atoms with Gasteiger partial charge in [-0.2, -0.15) is 0 Å². The normalized spacial score (nSPS) is 15.0. The maximum Gasteiger partial charge on any atom is 0.265 e. The van der Waals surface area contributed by atoms with Crippen LogP contribution in [0.2, 0.25) is 0 Å². The van der Waals surface area contributed by atoms with Crippen LogP contribution in [0.15, 0.2) is 48.5 Å². The third-order valence-electron chi connectivity index (χ3n) is 5.97. The van der Waals surface area contributed by atoms with Gasteiger partial charge in [0.15, 0.2) is 0 Å². The van der Waals surface area contributed by atoms with Gasteiger partial charge in [-0.25, -0.2) is 0 Å². The van der Waals surface area contributed by atoms with E-state index in [0.717, 1.165) is 38.5 Å². The lowest BCUT2D eigenvalue weighted by Gasteiger charge is -2.10. The topological polar surface area (TPSA) is 42.3 Å². The monoisotopic (exact) mass is 370 g/mol. The molecule has 0 saturated carbocycles. The molecule has 0 N–H and O–H groups in total. The molecule has 0 fully saturated rings. The number of carbonyl (C=O) groups excluding carboxylic acids is 2. The van der Waals surface area contributed by atoms with Crippen molar-refractivity contribution in [3.8, 4) is 11.1 Å². The first-order chi connectivity index (χ1) is 13.1. The van der Waals surface area contributed by atoms with Crippen molar-refractivity contribution in [1.82, 2.24) is 9.24 Å². The van der Waals surface area contributed by atoms with Crippen molar-refractivity contribution in [3.63, 3.8) is 0 Å². The highest BCUT2D eigenvalue weighted by Gasteiger charge is 2.41. The molecular formula is C22H15N2O2P. The second kappa shape index (κ2) is 4.85. The fourth-order valence-electron chi connectivity index (χ4n) is 4.84. The molecule has 1 unspecified atom stereocenters. The van der Waals surface area contributed by atoms with Crippen LogP contribution in [-0.4, -0.2) is 21.1 Å². The van der Waals surface area contributed by atoms with Gasteiger partial charge in [-0.3, -0.25) is 14.3 Å². The maximum atomic E-state index is 13.0. The summed E-state index contributed by atoms with van der Waals surface area (Å²) in [4.78, 5) is 26.0. The van der Waals surface area contributed by atoms with Gasteiger partial charge in [0.2, 0.25) is 0 Å². The Hall–Kier alpha value is -2.97. The van der Waals surface area contributed by atoms with E-state index < -0.39 is 0 Å². The van der Waals surface area contributed by atoms with Crippen LogP contribution < -0.4 is 0 Å². The second-order valence-electron chi connectivity index (χ2n) is 7.22. The minimum Gasteiger partial charge on any atom is -0.343 e. The molecule has 4 aromatic rings. The Morgan fingerprint density at radius 2 is 1.59 bits per heavy atom. The van der Waals surface area contributed by atoms with Crippen molar-refractivity contribution >= 4 is 43.0 Å². The quantitative estimate of drug-likeness (QED) is 0.301. The van der Waals surface area contributed by atoms with Crippen LogP contribution in [0, 0.1) is 0 Å². The molecule has 2 amide bonds. The second-order valence-corrected chi connectivity index (χ2v) is 7.73. The van der Waals surface area contributed by atoms with Crippen LogP contribution in [0.1, 0.15) is 31.8 Å². The SMILES string of the molecule is Cn1c2ccccc2c2c3c(c4c(c21)-c1ccccc1C4)C(=O)N(P)C3=O. The maximum absolute atomic E-state index is 13.0. The summed E-state index contributed by atoms with van der Waals surface area (Å²) in [6.45, 7) is 0. The van der Waals surface area contributed by atoms with Crippen molar-refractivity contribution in [1.29, 1.82) is 0 Å². The minimum absolute atomic E-state index is 0.223. The third kappa shape index (κ3) is 1.63. The van der Waals surface area contributed by atoms with E-state index in [1.54, 1.807) is 0 Å². The van der Waals surface area contributed by atoms with Crippen LogP contribution in [-0.2, 0) is 13.5 Å². The van der Waals surface area contributed by atoms with Gasteiger partial charge in [0.25, 0.3) is 11.8 Å². The number of imide groups is 1. The van der Waals surface area contributed by atoms with Gasteiger partial charge >= 0.3 is 0 Å².